The quantitative estimate of drug-likeness (QED) is 0.512. The van der Waals surface area contributed by atoms with Gasteiger partial charge in [-0.3, -0.25) is 4.90 Å². The summed E-state index contributed by atoms with van der Waals surface area (Å²) in [6.07, 6.45) is 2.03. The zero-order valence-electron chi connectivity index (χ0n) is 17.8. The van der Waals surface area contributed by atoms with E-state index in [1.54, 1.807) is 6.07 Å². The highest BCUT2D eigenvalue weighted by molar-refractivity contribution is 5.89. The van der Waals surface area contributed by atoms with Crippen molar-refractivity contribution in [1.29, 1.82) is 0 Å². The molecule has 164 valence electrons. The second-order valence-corrected chi connectivity index (χ2v) is 8.81. The zero-order valence-corrected chi connectivity index (χ0v) is 17.8. The smallest absolute Gasteiger partial charge is 0.338 e. The third-order valence-electron chi connectivity index (χ3n) is 6.40. The van der Waals surface area contributed by atoms with Crippen LogP contribution in [0.4, 0.5) is 4.39 Å². The first-order valence-corrected chi connectivity index (χ1v) is 11.1. The summed E-state index contributed by atoms with van der Waals surface area (Å²) in [7, 11) is 0. The van der Waals surface area contributed by atoms with E-state index >= 15 is 0 Å². The van der Waals surface area contributed by atoms with Gasteiger partial charge in [-0.2, -0.15) is 0 Å². The van der Waals surface area contributed by atoms with E-state index in [4.69, 9.17) is 4.74 Å². The number of nitrogens with zero attached hydrogens (tertiary/aromatic N) is 1. The fourth-order valence-electron chi connectivity index (χ4n) is 4.55. The van der Waals surface area contributed by atoms with Crippen LogP contribution in [0.3, 0.4) is 0 Å². The van der Waals surface area contributed by atoms with Crippen molar-refractivity contribution in [1.82, 2.24) is 4.90 Å². The topological polar surface area (TPSA) is 49.8 Å². The van der Waals surface area contributed by atoms with Crippen LogP contribution in [0.1, 0.15) is 51.8 Å². The lowest BCUT2D eigenvalue weighted by Gasteiger charge is -2.44. The Morgan fingerprint density at radius 2 is 1.59 bits per heavy atom. The molecule has 3 aromatic carbocycles. The summed E-state index contributed by atoms with van der Waals surface area (Å²) in [6.45, 7) is 2.05. The summed E-state index contributed by atoms with van der Waals surface area (Å²) < 4.78 is 20.5. The highest BCUT2D eigenvalue weighted by Crippen LogP contribution is 2.42. The van der Waals surface area contributed by atoms with Crippen LogP contribution < -0.4 is 4.74 Å². The Bertz CT molecular complexity index is 1050. The van der Waals surface area contributed by atoms with Crippen molar-refractivity contribution in [2.24, 2.45) is 5.92 Å². The molecular weight excluding hydrogens is 405 g/mol. The molecule has 3 aromatic rings. The fraction of sp³-hybridized carbons (Fsp3) is 0.296. The minimum Gasteiger partial charge on any atom is -0.490 e. The molecule has 0 radical (unpaired) electrons. The first-order chi connectivity index (χ1) is 15.6. The van der Waals surface area contributed by atoms with Crippen LogP contribution in [0.25, 0.3) is 0 Å². The Labute approximate surface area is 187 Å². The van der Waals surface area contributed by atoms with Crippen molar-refractivity contribution in [3.63, 3.8) is 0 Å². The minimum absolute atomic E-state index is 0.0629. The highest BCUT2D eigenvalue weighted by Gasteiger charge is 2.35. The molecule has 32 heavy (non-hydrogen) atoms. The van der Waals surface area contributed by atoms with Gasteiger partial charge in [-0.15, -0.1) is 0 Å². The van der Waals surface area contributed by atoms with Gasteiger partial charge in [0.15, 0.2) is 11.6 Å². The molecule has 0 aromatic heterocycles. The maximum atomic E-state index is 14.7. The number of carboxylic acids is 1. The maximum absolute atomic E-state index is 14.7. The van der Waals surface area contributed by atoms with Gasteiger partial charge in [0, 0.05) is 19.0 Å². The van der Waals surface area contributed by atoms with Gasteiger partial charge < -0.3 is 9.84 Å². The monoisotopic (exact) mass is 431 g/mol. The summed E-state index contributed by atoms with van der Waals surface area (Å²) >= 11 is 0. The van der Waals surface area contributed by atoms with Gasteiger partial charge in [-0.1, -0.05) is 60.7 Å². The molecule has 1 saturated carbocycles. The van der Waals surface area contributed by atoms with E-state index in [0.717, 1.165) is 31.5 Å². The lowest BCUT2D eigenvalue weighted by molar-refractivity contribution is 0.0368. The third kappa shape index (κ3) is 4.26. The molecule has 2 aliphatic rings. The van der Waals surface area contributed by atoms with Crippen LogP contribution in [-0.4, -0.2) is 35.7 Å². The molecule has 2 fully saturated rings. The van der Waals surface area contributed by atoms with Gasteiger partial charge in [0.1, 0.15) is 0 Å². The zero-order chi connectivity index (χ0) is 22.1. The highest BCUT2D eigenvalue weighted by atomic mass is 19.1. The molecule has 4 nitrogen and oxygen atoms in total. The second-order valence-electron chi connectivity index (χ2n) is 8.81. The number of carbonyl (C=O) groups is 1. The maximum Gasteiger partial charge on any atom is 0.338 e. The van der Waals surface area contributed by atoms with Gasteiger partial charge in [0.2, 0.25) is 0 Å². The van der Waals surface area contributed by atoms with Gasteiger partial charge in [0.05, 0.1) is 18.2 Å². The molecule has 0 unspecified atom stereocenters. The second kappa shape index (κ2) is 8.75. The summed E-state index contributed by atoms with van der Waals surface area (Å²) in [5, 5.41) is 9.36. The number of rotatable bonds is 8. The lowest BCUT2D eigenvalue weighted by atomic mass is 9.90. The number of halogens is 1. The average Bonchev–Trinajstić information content (AvgIpc) is 3.62. The normalized spacial score (nSPS) is 16.7. The van der Waals surface area contributed by atoms with Crippen molar-refractivity contribution in [3.05, 3.63) is 101 Å². The van der Waals surface area contributed by atoms with Crippen LogP contribution in [0, 0.1) is 11.7 Å². The number of ether oxygens (including phenoxy) is 1. The van der Waals surface area contributed by atoms with Gasteiger partial charge in [-0.25, -0.2) is 9.18 Å². The number of hydrogen-bond acceptors (Lipinski definition) is 3. The molecule has 1 N–H and O–H groups in total. The van der Waals surface area contributed by atoms with Crippen LogP contribution in [0.5, 0.6) is 5.75 Å². The van der Waals surface area contributed by atoms with E-state index < -0.39 is 11.8 Å². The van der Waals surface area contributed by atoms with E-state index in [0.29, 0.717) is 12.5 Å². The molecule has 5 rings (SSSR count). The van der Waals surface area contributed by atoms with E-state index in [9.17, 15) is 14.3 Å². The Morgan fingerprint density at radius 3 is 2.12 bits per heavy atom. The van der Waals surface area contributed by atoms with Gasteiger partial charge >= 0.3 is 5.97 Å². The predicted octanol–water partition coefficient (Wildman–Crippen LogP) is 5.50. The number of aromatic carboxylic acids is 1. The Morgan fingerprint density at radius 1 is 1.00 bits per heavy atom. The Hall–Kier alpha value is -3.18. The number of hydrogen-bond donors (Lipinski definition) is 1. The molecule has 0 amide bonds. The molecule has 1 saturated heterocycles. The Kier molecular flexibility index (Phi) is 5.66. The van der Waals surface area contributed by atoms with Crippen molar-refractivity contribution in [2.75, 3.05) is 19.7 Å². The van der Waals surface area contributed by atoms with Crippen molar-refractivity contribution in [2.45, 2.75) is 24.8 Å². The predicted molar refractivity (Wildman–Crippen MR) is 121 cm³/mol. The molecule has 0 spiro atoms. The molecule has 0 atom stereocenters. The molecular formula is C27H26FNO3. The first kappa shape index (κ1) is 20.7. The standard InChI is InChI=1S/C27H26FNO3/c28-25-23(27(30)31)13-22(19-11-12-19)14-24(25)32-17-18-15-29(16-18)26(20-7-3-1-4-8-20)21-9-5-2-6-10-21/h1-10,13-14,18-19,26H,11-12,15-17H2,(H,30,31). The van der Waals surface area contributed by atoms with Crippen molar-refractivity contribution in [3.8, 4) is 5.75 Å². The van der Waals surface area contributed by atoms with E-state index in [-0.39, 0.29) is 23.3 Å². The molecule has 0 bridgehead atoms. The molecule has 1 aliphatic heterocycles. The third-order valence-corrected chi connectivity index (χ3v) is 6.40. The summed E-state index contributed by atoms with van der Waals surface area (Å²) in [5.74, 6) is -1.37. The molecule has 1 heterocycles. The fourth-order valence-corrected chi connectivity index (χ4v) is 4.55. The van der Waals surface area contributed by atoms with Crippen molar-refractivity contribution >= 4 is 5.97 Å². The summed E-state index contributed by atoms with van der Waals surface area (Å²) in [5.41, 5.74) is 3.05. The van der Waals surface area contributed by atoms with E-state index in [1.807, 2.05) is 12.1 Å². The van der Waals surface area contributed by atoms with Crippen molar-refractivity contribution < 1.29 is 19.0 Å². The van der Waals surface area contributed by atoms with Gasteiger partial charge in [0.25, 0.3) is 0 Å². The van der Waals surface area contributed by atoms with Crippen LogP contribution in [-0.2, 0) is 0 Å². The van der Waals surface area contributed by atoms with Gasteiger partial charge in [-0.05, 0) is 47.6 Å². The number of benzene rings is 3. The lowest BCUT2D eigenvalue weighted by Crippen LogP contribution is -2.51. The number of likely N-dealkylation sites (tertiary alicyclic amines) is 1. The first-order valence-electron chi connectivity index (χ1n) is 11.1. The summed E-state index contributed by atoms with van der Waals surface area (Å²) in [6, 6.07) is 24.2. The molecule has 5 heteroatoms. The van der Waals surface area contributed by atoms with E-state index in [2.05, 4.69) is 53.4 Å². The molecule has 1 aliphatic carbocycles. The SMILES string of the molecule is O=C(O)c1cc(C2CC2)cc(OCC2CN(C(c3ccccc3)c3ccccc3)C2)c1F. The van der Waals surface area contributed by atoms with Crippen LogP contribution >= 0.6 is 0 Å². The minimum atomic E-state index is -1.25. The largest absolute Gasteiger partial charge is 0.490 e. The summed E-state index contributed by atoms with van der Waals surface area (Å²) in [4.78, 5) is 13.9. The number of carboxylic acid groups (broad SMARTS) is 1. The van der Waals surface area contributed by atoms with Crippen LogP contribution in [0.2, 0.25) is 0 Å². The van der Waals surface area contributed by atoms with E-state index in [1.165, 1.54) is 17.2 Å². The Balaban J connectivity index is 1.27. The van der Waals surface area contributed by atoms with Crippen LogP contribution in [0.15, 0.2) is 72.8 Å². The average molecular weight is 432 g/mol.